The van der Waals surface area contributed by atoms with Crippen molar-refractivity contribution in [2.45, 2.75) is 26.5 Å². The first-order valence-electron chi connectivity index (χ1n) is 10.8. The number of hydrogen-bond acceptors (Lipinski definition) is 4. The van der Waals surface area contributed by atoms with Gasteiger partial charge >= 0.3 is 5.69 Å². The van der Waals surface area contributed by atoms with E-state index in [-0.39, 0.29) is 15.6 Å². The number of hydrogen-bond donors (Lipinski definition) is 1. The molecule has 0 aliphatic heterocycles. The van der Waals surface area contributed by atoms with E-state index in [0.717, 1.165) is 15.9 Å². The Labute approximate surface area is 209 Å². The molecule has 0 aliphatic rings. The fourth-order valence-corrected chi connectivity index (χ4v) is 4.50. The summed E-state index contributed by atoms with van der Waals surface area (Å²) in [5, 5.41) is 4.51. The van der Waals surface area contributed by atoms with Crippen LogP contribution in [0.1, 0.15) is 29.7 Å². The molecule has 0 aliphatic carbocycles. The average Bonchev–Trinajstić information content (AvgIpc) is 3.42. The van der Waals surface area contributed by atoms with Crippen LogP contribution in [0.25, 0.3) is 22.4 Å². The normalized spacial score (nSPS) is 12.3. The Bertz CT molecular complexity index is 1590. The number of rotatable bonds is 6. The van der Waals surface area contributed by atoms with Crippen LogP contribution in [0.2, 0.25) is 10.0 Å². The first kappa shape index (κ1) is 23.1. The summed E-state index contributed by atoms with van der Waals surface area (Å²) < 4.78 is 16.8. The zero-order valence-corrected chi connectivity index (χ0v) is 20.3. The number of pyridine rings is 1. The molecule has 0 saturated heterocycles. The van der Waals surface area contributed by atoms with Crippen LogP contribution in [0.4, 0.5) is 4.39 Å². The SMILES string of the molecule is Cc1ccc(Cn2cc(-c3ccc4c(n3)[nH]c(=O)n4OC(C)c3c(Cl)ccc(F)c3Cl)cn2)cc1. The maximum Gasteiger partial charge on any atom is 0.360 e. The molecular formula is C25H20Cl2FN5O2. The van der Waals surface area contributed by atoms with Gasteiger partial charge in [0.25, 0.3) is 0 Å². The lowest BCUT2D eigenvalue weighted by Gasteiger charge is -2.17. The van der Waals surface area contributed by atoms with Crippen LogP contribution in [0.5, 0.6) is 0 Å². The van der Waals surface area contributed by atoms with E-state index in [1.165, 1.54) is 17.7 Å². The molecule has 0 spiro atoms. The summed E-state index contributed by atoms with van der Waals surface area (Å²) in [6, 6.07) is 14.3. The lowest BCUT2D eigenvalue weighted by atomic mass is 10.1. The standard InChI is InChI=1S/C25H20Cl2FN5O2/c1-14-3-5-16(6-4-14)12-32-13-17(11-29-32)20-9-10-21-24(30-20)31-25(34)33(21)35-15(2)22-18(26)7-8-19(28)23(22)27/h3-11,13,15H,12H2,1-2H3,(H,30,31,34). The third-order valence-corrected chi connectivity index (χ3v) is 6.36. The van der Waals surface area contributed by atoms with E-state index in [0.29, 0.717) is 23.4 Å². The van der Waals surface area contributed by atoms with E-state index >= 15 is 0 Å². The van der Waals surface area contributed by atoms with Crippen molar-refractivity contribution < 1.29 is 9.23 Å². The minimum atomic E-state index is -0.804. The Balaban J connectivity index is 1.41. The first-order chi connectivity index (χ1) is 16.8. The monoisotopic (exact) mass is 511 g/mol. The predicted molar refractivity (Wildman–Crippen MR) is 133 cm³/mol. The van der Waals surface area contributed by atoms with Crippen molar-refractivity contribution in [3.8, 4) is 11.3 Å². The fraction of sp³-hybridized carbons (Fsp3) is 0.160. The second-order valence-electron chi connectivity index (χ2n) is 8.21. The maximum atomic E-state index is 13.9. The van der Waals surface area contributed by atoms with E-state index < -0.39 is 17.6 Å². The van der Waals surface area contributed by atoms with Crippen molar-refractivity contribution in [3.05, 3.63) is 104 Å². The van der Waals surface area contributed by atoms with Gasteiger partial charge in [-0.05, 0) is 43.7 Å². The third kappa shape index (κ3) is 4.54. The van der Waals surface area contributed by atoms with E-state index in [1.54, 1.807) is 25.3 Å². The van der Waals surface area contributed by atoms with Crippen molar-refractivity contribution >= 4 is 34.4 Å². The Kier molecular flexibility index (Phi) is 6.08. The zero-order chi connectivity index (χ0) is 24.7. The minimum Gasteiger partial charge on any atom is -0.401 e. The van der Waals surface area contributed by atoms with Gasteiger partial charge in [-0.3, -0.25) is 9.67 Å². The van der Waals surface area contributed by atoms with E-state index in [4.69, 9.17) is 28.0 Å². The molecule has 10 heteroatoms. The van der Waals surface area contributed by atoms with E-state index in [2.05, 4.69) is 39.3 Å². The van der Waals surface area contributed by atoms with Crippen LogP contribution in [-0.2, 0) is 6.54 Å². The number of fused-ring (bicyclic) bond motifs is 1. The van der Waals surface area contributed by atoms with Crippen LogP contribution in [0, 0.1) is 12.7 Å². The van der Waals surface area contributed by atoms with Crippen LogP contribution < -0.4 is 10.5 Å². The van der Waals surface area contributed by atoms with Crippen LogP contribution in [0.15, 0.2) is 65.7 Å². The first-order valence-corrected chi connectivity index (χ1v) is 11.6. The quantitative estimate of drug-likeness (QED) is 0.302. The molecule has 178 valence electrons. The van der Waals surface area contributed by atoms with Crippen LogP contribution in [-0.4, -0.2) is 24.5 Å². The predicted octanol–water partition coefficient (Wildman–Crippen LogP) is 5.58. The fourth-order valence-electron chi connectivity index (χ4n) is 3.82. The maximum absolute atomic E-state index is 13.9. The van der Waals surface area contributed by atoms with Gasteiger partial charge in [0.15, 0.2) is 11.8 Å². The number of aromatic nitrogens is 5. The highest BCUT2D eigenvalue weighted by Gasteiger charge is 2.21. The minimum absolute atomic E-state index is 0.152. The summed E-state index contributed by atoms with van der Waals surface area (Å²) in [4.78, 5) is 25.7. The van der Waals surface area contributed by atoms with Crippen molar-refractivity contribution in [2.75, 3.05) is 0 Å². The van der Waals surface area contributed by atoms with Gasteiger partial charge in [0.2, 0.25) is 0 Å². The molecule has 1 atom stereocenters. The summed E-state index contributed by atoms with van der Waals surface area (Å²) in [7, 11) is 0. The molecule has 3 heterocycles. The summed E-state index contributed by atoms with van der Waals surface area (Å²) >= 11 is 12.3. The molecule has 3 aromatic heterocycles. The number of aryl methyl sites for hydroxylation is 1. The number of nitrogens with one attached hydrogen (secondary N) is 1. The molecular weight excluding hydrogens is 492 g/mol. The number of benzene rings is 2. The van der Waals surface area contributed by atoms with Crippen molar-refractivity contribution in [1.29, 1.82) is 0 Å². The zero-order valence-electron chi connectivity index (χ0n) is 18.8. The van der Waals surface area contributed by atoms with Crippen molar-refractivity contribution in [3.63, 3.8) is 0 Å². The molecule has 7 nitrogen and oxygen atoms in total. The molecule has 0 bridgehead atoms. The smallest absolute Gasteiger partial charge is 0.360 e. The molecule has 1 N–H and O–H groups in total. The summed E-state index contributed by atoms with van der Waals surface area (Å²) in [6.45, 7) is 4.31. The number of nitrogens with zero attached hydrogens (tertiary/aromatic N) is 4. The van der Waals surface area contributed by atoms with Gasteiger partial charge in [-0.25, -0.2) is 14.2 Å². The molecule has 1 unspecified atom stereocenters. The number of halogens is 3. The summed E-state index contributed by atoms with van der Waals surface area (Å²) in [6.07, 6.45) is 2.82. The Hall–Kier alpha value is -3.62. The number of imidazole rings is 1. The van der Waals surface area contributed by atoms with Crippen LogP contribution in [0.3, 0.4) is 0 Å². The van der Waals surface area contributed by atoms with E-state index in [9.17, 15) is 9.18 Å². The van der Waals surface area contributed by atoms with Gasteiger partial charge in [-0.2, -0.15) is 5.10 Å². The second kappa shape index (κ2) is 9.20. The second-order valence-corrected chi connectivity index (χ2v) is 8.99. The van der Waals surface area contributed by atoms with Gasteiger partial charge in [-0.1, -0.05) is 53.0 Å². The Morgan fingerprint density at radius 3 is 2.66 bits per heavy atom. The molecule has 35 heavy (non-hydrogen) atoms. The van der Waals surface area contributed by atoms with Gasteiger partial charge in [0, 0.05) is 22.3 Å². The molecule has 0 fully saturated rings. The lowest BCUT2D eigenvalue weighted by Crippen LogP contribution is -2.26. The van der Waals surface area contributed by atoms with Crippen molar-refractivity contribution in [2.24, 2.45) is 0 Å². The summed E-state index contributed by atoms with van der Waals surface area (Å²) in [5.74, 6) is -0.623. The van der Waals surface area contributed by atoms with Gasteiger partial charge in [0.1, 0.15) is 11.3 Å². The Morgan fingerprint density at radius 1 is 1.11 bits per heavy atom. The molecule has 0 saturated carbocycles. The van der Waals surface area contributed by atoms with Crippen LogP contribution >= 0.6 is 23.2 Å². The Morgan fingerprint density at radius 2 is 1.89 bits per heavy atom. The number of aromatic amines is 1. The molecule has 2 aromatic carbocycles. The lowest BCUT2D eigenvalue weighted by molar-refractivity contribution is 0.0492. The third-order valence-electron chi connectivity index (χ3n) is 5.65. The molecule has 0 amide bonds. The highest BCUT2D eigenvalue weighted by atomic mass is 35.5. The molecule has 0 radical (unpaired) electrons. The van der Waals surface area contributed by atoms with E-state index in [1.807, 2.05) is 17.8 Å². The highest BCUT2D eigenvalue weighted by molar-refractivity contribution is 6.36. The average molecular weight is 512 g/mol. The van der Waals surface area contributed by atoms with Gasteiger partial charge in [0.05, 0.1) is 23.5 Å². The highest BCUT2D eigenvalue weighted by Crippen LogP contribution is 2.33. The molecule has 5 aromatic rings. The van der Waals surface area contributed by atoms with Gasteiger partial charge in [-0.15, -0.1) is 4.73 Å². The van der Waals surface area contributed by atoms with Crippen molar-refractivity contribution in [1.82, 2.24) is 24.5 Å². The number of H-pyrrole nitrogens is 1. The molecule has 5 rings (SSSR count). The van der Waals surface area contributed by atoms with Gasteiger partial charge < -0.3 is 4.84 Å². The summed E-state index contributed by atoms with van der Waals surface area (Å²) in [5.41, 5.74) is 4.26. The largest absolute Gasteiger partial charge is 0.401 e. The topological polar surface area (TPSA) is 77.7 Å².